The maximum atomic E-state index is 10.6. The van der Waals surface area contributed by atoms with Gasteiger partial charge in [0.05, 0.1) is 12.1 Å². The molecule has 0 fully saturated rings. The first-order chi connectivity index (χ1) is 5.49. The van der Waals surface area contributed by atoms with Crippen molar-refractivity contribution in [3.63, 3.8) is 0 Å². The molecule has 0 rings (SSSR count). The molecule has 0 saturated heterocycles. The summed E-state index contributed by atoms with van der Waals surface area (Å²) < 4.78 is 0. The zero-order valence-corrected chi connectivity index (χ0v) is 7.87. The molecule has 0 bridgehead atoms. The molecular formula is C9H17NO2. The van der Waals surface area contributed by atoms with E-state index >= 15 is 0 Å². The van der Waals surface area contributed by atoms with Gasteiger partial charge in [0.15, 0.2) is 0 Å². The predicted octanol–water partition coefficient (Wildman–Crippen LogP) is 0.694. The summed E-state index contributed by atoms with van der Waals surface area (Å²) in [6, 6.07) is -0.226. The Labute approximate surface area is 73.5 Å². The molecule has 0 heterocycles. The van der Waals surface area contributed by atoms with Crippen molar-refractivity contribution in [2.75, 3.05) is 0 Å². The van der Waals surface area contributed by atoms with Gasteiger partial charge in [-0.2, -0.15) is 0 Å². The van der Waals surface area contributed by atoms with E-state index in [0.717, 1.165) is 0 Å². The Morgan fingerprint density at radius 2 is 2.08 bits per heavy atom. The minimum atomic E-state index is -0.564. The SMILES string of the molecule is C=C[C@H](C)[C@H](O)[C@@H](C)NC(C)=O. The highest BCUT2D eigenvalue weighted by Crippen LogP contribution is 2.07. The molecule has 0 spiro atoms. The van der Waals surface area contributed by atoms with Crippen molar-refractivity contribution < 1.29 is 9.90 Å². The Morgan fingerprint density at radius 1 is 1.58 bits per heavy atom. The summed E-state index contributed by atoms with van der Waals surface area (Å²) in [6.07, 6.45) is 1.11. The number of nitrogens with one attached hydrogen (secondary N) is 1. The Hall–Kier alpha value is -0.830. The first-order valence-electron chi connectivity index (χ1n) is 4.06. The first kappa shape index (κ1) is 11.2. The molecule has 12 heavy (non-hydrogen) atoms. The summed E-state index contributed by atoms with van der Waals surface area (Å²) in [7, 11) is 0. The molecule has 0 aromatic heterocycles. The normalized spacial score (nSPS) is 17.7. The molecule has 0 radical (unpaired) electrons. The second-order valence-corrected chi connectivity index (χ2v) is 3.07. The van der Waals surface area contributed by atoms with E-state index < -0.39 is 6.10 Å². The Bertz CT molecular complexity index is 168. The van der Waals surface area contributed by atoms with E-state index in [1.165, 1.54) is 6.92 Å². The van der Waals surface area contributed by atoms with Crippen molar-refractivity contribution in [2.45, 2.75) is 32.9 Å². The van der Waals surface area contributed by atoms with E-state index in [1.807, 2.05) is 6.92 Å². The number of aliphatic hydroxyl groups excluding tert-OH is 1. The van der Waals surface area contributed by atoms with Crippen LogP contribution < -0.4 is 5.32 Å². The van der Waals surface area contributed by atoms with Gasteiger partial charge in [0.1, 0.15) is 0 Å². The van der Waals surface area contributed by atoms with E-state index in [-0.39, 0.29) is 17.9 Å². The van der Waals surface area contributed by atoms with Crippen molar-refractivity contribution in [3.8, 4) is 0 Å². The van der Waals surface area contributed by atoms with Crippen LogP contribution in [0.2, 0.25) is 0 Å². The molecular weight excluding hydrogens is 154 g/mol. The van der Waals surface area contributed by atoms with E-state index in [9.17, 15) is 9.90 Å². The molecule has 3 heteroatoms. The van der Waals surface area contributed by atoms with Crippen molar-refractivity contribution in [3.05, 3.63) is 12.7 Å². The summed E-state index contributed by atoms with van der Waals surface area (Å²) in [4.78, 5) is 10.6. The molecule has 1 amide bonds. The number of amides is 1. The van der Waals surface area contributed by atoms with Gasteiger partial charge in [0.25, 0.3) is 0 Å². The summed E-state index contributed by atoms with van der Waals surface area (Å²) in [6.45, 7) is 8.63. The van der Waals surface area contributed by atoms with Crippen molar-refractivity contribution in [1.29, 1.82) is 0 Å². The molecule has 3 atom stereocenters. The number of carbonyl (C=O) groups excluding carboxylic acids is 1. The smallest absolute Gasteiger partial charge is 0.217 e. The van der Waals surface area contributed by atoms with Gasteiger partial charge in [0, 0.05) is 12.8 Å². The minimum absolute atomic E-state index is 0.00755. The summed E-state index contributed by atoms with van der Waals surface area (Å²) in [5.41, 5.74) is 0. The first-order valence-corrected chi connectivity index (χ1v) is 4.06. The van der Waals surface area contributed by atoms with Crippen molar-refractivity contribution in [1.82, 2.24) is 5.32 Å². The van der Waals surface area contributed by atoms with Crippen LogP contribution in [0, 0.1) is 5.92 Å². The standard InChI is InChI=1S/C9H17NO2/c1-5-6(2)9(12)7(3)10-8(4)11/h5-7,9,12H,1H2,2-4H3,(H,10,11)/t6-,7+,9-/m0/s1. The fraction of sp³-hybridized carbons (Fsp3) is 0.667. The number of hydrogen-bond acceptors (Lipinski definition) is 2. The largest absolute Gasteiger partial charge is 0.390 e. The fourth-order valence-corrected chi connectivity index (χ4v) is 1.00. The van der Waals surface area contributed by atoms with Crippen LogP contribution in [-0.2, 0) is 4.79 Å². The molecule has 70 valence electrons. The van der Waals surface area contributed by atoms with Crippen molar-refractivity contribution >= 4 is 5.91 Å². The minimum Gasteiger partial charge on any atom is -0.390 e. The van der Waals surface area contributed by atoms with Crippen LogP contribution in [0.25, 0.3) is 0 Å². The van der Waals surface area contributed by atoms with Gasteiger partial charge in [-0.1, -0.05) is 13.0 Å². The molecule has 3 nitrogen and oxygen atoms in total. The summed E-state index contributed by atoms with van der Waals surface area (Å²) in [5.74, 6) is -0.135. The maximum Gasteiger partial charge on any atom is 0.217 e. The van der Waals surface area contributed by atoms with Gasteiger partial charge in [-0.15, -0.1) is 6.58 Å². The molecule has 0 aliphatic rings. The fourth-order valence-electron chi connectivity index (χ4n) is 1.00. The van der Waals surface area contributed by atoms with Crippen LogP contribution in [0.1, 0.15) is 20.8 Å². The lowest BCUT2D eigenvalue weighted by molar-refractivity contribution is -0.120. The number of aliphatic hydroxyl groups is 1. The molecule has 0 aliphatic heterocycles. The zero-order valence-electron chi connectivity index (χ0n) is 7.87. The van der Waals surface area contributed by atoms with Gasteiger partial charge in [0.2, 0.25) is 5.91 Å². The molecule has 0 aromatic carbocycles. The van der Waals surface area contributed by atoms with Gasteiger partial charge in [-0.05, 0) is 6.92 Å². The highest BCUT2D eigenvalue weighted by molar-refractivity contribution is 5.73. The van der Waals surface area contributed by atoms with E-state index in [4.69, 9.17) is 0 Å². The van der Waals surface area contributed by atoms with E-state index in [2.05, 4.69) is 11.9 Å². The maximum absolute atomic E-state index is 10.6. The van der Waals surface area contributed by atoms with Gasteiger partial charge in [-0.3, -0.25) is 4.79 Å². The van der Waals surface area contributed by atoms with Crippen LogP contribution in [0.4, 0.5) is 0 Å². The van der Waals surface area contributed by atoms with Crippen LogP contribution in [0.15, 0.2) is 12.7 Å². The molecule has 0 saturated carbocycles. The highest BCUT2D eigenvalue weighted by atomic mass is 16.3. The lowest BCUT2D eigenvalue weighted by Crippen LogP contribution is -2.42. The summed E-state index contributed by atoms with van der Waals surface area (Å²) >= 11 is 0. The lowest BCUT2D eigenvalue weighted by atomic mass is 9.99. The molecule has 0 unspecified atom stereocenters. The highest BCUT2D eigenvalue weighted by Gasteiger charge is 2.18. The average Bonchev–Trinajstić information content (AvgIpc) is 2.00. The Balaban J connectivity index is 3.99. The molecule has 0 aliphatic carbocycles. The lowest BCUT2D eigenvalue weighted by Gasteiger charge is -2.22. The quantitative estimate of drug-likeness (QED) is 0.611. The van der Waals surface area contributed by atoms with Gasteiger partial charge >= 0.3 is 0 Å². The average molecular weight is 171 g/mol. The second-order valence-electron chi connectivity index (χ2n) is 3.07. The Kier molecular flexibility index (Phi) is 4.59. The molecule has 0 aromatic rings. The predicted molar refractivity (Wildman–Crippen MR) is 48.6 cm³/mol. The topological polar surface area (TPSA) is 49.3 Å². The van der Waals surface area contributed by atoms with Crippen LogP contribution in [0.5, 0.6) is 0 Å². The number of rotatable bonds is 4. The summed E-state index contributed by atoms with van der Waals surface area (Å²) in [5, 5.41) is 12.2. The monoisotopic (exact) mass is 171 g/mol. The van der Waals surface area contributed by atoms with Crippen LogP contribution in [-0.4, -0.2) is 23.2 Å². The molecule has 2 N–H and O–H groups in total. The number of carbonyl (C=O) groups is 1. The van der Waals surface area contributed by atoms with Gasteiger partial charge < -0.3 is 10.4 Å². The third kappa shape index (κ3) is 3.53. The van der Waals surface area contributed by atoms with Gasteiger partial charge in [-0.25, -0.2) is 0 Å². The van der Waals surface area contributed by atoms with E-state index in [0.29, 0.717) is 0 Å². The zero-order chi connectivity index (χ0) is 9.72. The third-order valence-corrected chi connectivity index (χ3v) is 1.85. The van der Waals surface area contributed by atoms with Crippen LogP contribution in [0.3, 0.4) is 0 Å². The van der Waals surface area contributed by atoms with E-state index in [1.54, 1.807) is 13.0 Å². The van der Waals surface area contributed by atoms with Crippen molar-refractivity contribution in [2.24, 2.45) is 5.92 Å². The second kappa shape index (κ2) is 4.93. The third-order valence-electron chi connectivity index (χ3n) is 1.85. The number of hydrogen-bond donors (Lipinski definition) is 2. The Morgan fingerprint density at radius 3 is 2.42 bits per heavy atom. The van der Waals surface area contributed by atoms with Crippen LogP contribution >= 0.6 is 0 Å².